The summed E-state index contributed by atoms with van der Waals surface area (Å²) in [6.07, 6.45) is 6.88. The van der Waals surface area contributed by atoms with Gasteiger partial charge in [0, 0.05) is 23.1 Å². The Morgan fingerprint density at radius 3 is 2.54 bits per heavy atom. The first-order valence-electron chi connectivity index (χ1n) is 12.0. The topological polar surface area (TPSA) is 49.6 Å². The first-order chi connectivity index (χ1) is 17.1. The molecule has 0 radical (unpaired) electrons. The predicted octanol–water partition coefficient (Wildman–Crippen LogP) is 7.37. The smallest absolute Gasteiger partial charge is 0.123 e. The van der Waals surface area contributed by atoms with Gasteiger partial charge >= 0.3 is 0 Å². The van der Waals surface area contributed by atoms with Gasteiger partial charge in [0.05, 0.1) is 17.3 Å². The number of pyridine rings is 2. The number of allylic oxidation sites excluding steroid dienone is 1. The fourth-order valence-corrected chi connectivity index (χ4v) is 4.28. The van der Waals surface area contributed by atoms with E-state index in [1.807, 2.05) is 60.8 Å². The molecule has 0 amide bonds. The normalized spacial score (nSPS) is 10.6. The zero-order valence-corrected chi connectivity index (χ0v) is 19.8. The maximum atomic E-state index is 13.6. The van der Waals surface area contributed by atoms with Gasteiger partial charge in [0.15, 0.2) is 0 Å². The summed E-state index contributed by atoms with van der Waals surface area (Å²) in [4.78, 5) is 9.40. The Hall–Kier alpha value is -4.10. The molecule has 4 aromatic rings. The fourth-order valence-electron chi connectivity index (χ4n) is 4.28. The van der Waals surface area contributed by atoms with E-state index >= 15 is 0 Å². The van der Waals surface area contributed by atoms with Gasteiger partial charge in [-0.05, 0) is 91.6 Å². The van der Waals surface area contributed by atoms with Gasteiger partial charge in [0.1, 0.15) is 5.82 Å². The van der Waals surface area contributed by atoms with Crippen molar-refractivity contribution in [2.24, 2.45) is 0 Å². The van der Waals surface area contributed by atoms with Crippen molar-refractivity contribution >= 4 is 5.57 Å². The van der Waals surface area contributed by atoms with Crippen LogP contribution < -0.4 is 0 Å². The Balaban J connectivity index is 1.54. The zero-order valence-electron chi connectivity index (χ0n) is 19.8. The highest BCUT2D eigenvalue weighted by molar-refractivity contribution is 5.71. The van der Waals surface area contributed by atoms with Crippen LogP contribution in [0.15, 0.2) is 91.6 Å². The number of halogens is 1. The van der Waals surface area contributed by atoms with Crippen LogP contribution in [-0.4, -0.2) is 9.97 Å². The summed E-state index contributed by atoms with van der Waals surface area (Å²) in [5.74, 6) is -0.210. The van der Waals surface area contributed by atoms with E-state index in [9.17, 15) is 9.65 Å². The van der Waals surface area contributed by atoms with Crippen molar-refractivity contribution in [3.8, 4) is 17.3 Å². The van der Waals surface area contributed by atoms with Crippen molar-refractivity contribution in [1.82, 2.24) is 9.97 Å². The Bertz CT molecular complexity index is 1340. The van der Waals surface area contributed by atoms with E-state index in [4.69, 9.17) is 4.98 Å². The van der Waals surface area contributed by atoms with E-state index in [0.29, 0.717) is 5.56 Å². The summed E-state index contributed by atoms with van der Waals surface area (Å²) in [5.41, 5.74) is 7.35. The van der Waals surface area contributed by atoms with Gasteiger partial charge in [0.25, 0.3) is 0 Å². The summed E-state index contributed by atoms with van der Waals surface area (Å²) >= 11 is 0. The van der Waals surface area contributed by atoms with Crippen LogP contribution >= 0.6 is 0 Å². The molecule has 0 aliphatic carbocycles. The minimum Gasteiger partial charge on any atom is -0.261 e. The molecular weight excluding hydrogens is 433 g/mol. The third-order valence-corrected chi connectivity index (χ3v) is 6.08. The summed E-state index contributed by atoms with van der Waals surface area (Å²) < 4.78 is 13.6. The van der Waals surface area contributed by atoms with Crippen LogP contribution in [0.5, 0.6) is 0 Å². The number of hydrogen-bond acceptors (Lipinski definition) is 3. The third-order valence-electron chi connectivity index (χ3n) is 6.08. The largest absolute Gasteiger partial charge is 0.261 e. The average molecular weight is 462 g/mol. The van der Waals surface area contributed by atoms with Gasteiger partial charge in [-0.1, -0.05) is 49.0 Å². The molecular formula is C31H28FN3. The molecule has 0 saturated carbocycles. The van der Waals surface area contributed by atoms with Crippen LogP contribution in [0.2, 0.25) is 0 Å². The van der Waals surface area contributed by atoms with Gasteiger partial charge in [-0.15, -0.1) is 0 Å². The minimum atomic E-state index is -0.210. The third kappa shape index (κ3) is 6.49. The van der Waals surface area contributed by atoms with Crippen LogP contribution in [0.1, 0.15) is 47.3 Å². The standard InChI is InChI=1S/C31H28FN3/c1-23(9-6-15-27-14-4-5-20-34-27)28-18-19-31(29-16-3-2-12-25(29)22-33)35-30(28)17-8-11-24-10-7-13-26(32)21-24/h2-5,7,10,12-14,16,18-21H,1,6,8-9,11,15,17H2. The molecule has 4 heteroatoms. The number of aromatic nitrogens is 2. The van der Waals surface area contributed by atoms with E-state index < -0.39 is 0 Å². The second-order valence-corrected chi connectivity index (χ2v) is 8.61. The molecule has 2 heterocycles. The number of nitrogens with zero attached hydrogens (tertiary/aromatic N) is 3. The highest BCUT2D eigenvalue weighted by Gasteiger charge is 2.13. The molecule has 0 atom stereocenters. The average Bonchev–Trinajstić information content (AvgIpc) is 2.89. The lowest BCUT2D eigenvalue weighted by Crippen LogP contribution is -2.02. The molecule has 0 N–H and O–H groups in total. The number of hydrogen-bond donors (Lipinski definition) is 0. The molecule has 35 heavy (non-hydrogen) atoms. The summed E-state index contributed by atoms with van der Waals surface area (Å²) in [7, 11) is 0. The molecule has 0 aliphatic heterocycles. The van der Waals surface area contributed by atoms with Crippen molar-refractivity contribution in [3.05, 3.63) is 126 Å². The van der Waals surface area contributed by atoms with E-state index in [1.165, 1.54) is 6.07 Å². The van der Waals surface area contributed by atoms with Crippen LogP contribution in [0, 0.1) is 17.1 Å². The molecule has 0 unspecified atom stereocenters. The molecule has 4 rings (SSSR count). The highest BCUT2D eigenvalue weighted by atomic mass is 19.1. The molecule has 0 spiro atoms. The Morgan fingerprint density at radius 1 is 0.886 bits per heavy atom. The number of aryl methyl sites for hydroxylation is 3. The van der Waals surface area contributed by atoms with Crippen LogP contribution in [0.25, 0.3) is 16.8 Å². The van der Waals surface area contributed by atoms with Crippen LogP contribution in [0.4, 0.5) is 4.39 Å². The Morgan fingerprint density at radius 2 is 1.74 bits per heavy atom. The van der Waals surface area contributed by atoms with E-state index in [0.717, 1.165) is 77.9 Å². The second-order valence-electron chi connectivity index (χ2n) is 8.61. The molecule has 3 nitrogen and oxygen atoms in total. The van der Waals surface area contributed by atoms with Crippen molar-refractivity contribution in [3.63, 3.8) is 0 Å². The van der Waals surface area contributed by atoms with E-state index in [-0.39, 0.29) is 5.82 Å². The minimum absolute atomic E-state index is 0.210. The van der Waals surface area contributed by atoms with Crippen molar-refractivity contribution in [2.45, 2.75) is 38.5 Å². The molecule has 2 aromatic carbocycles. The molecule has 0 fully saturated rings. The molecule has 0 saturated heterocycles. The quantitative estimate of drug-likeness (QED) is 0.248. The first-order valence-corrected chi connectivity index (χ1v) is 12.0. The number of rotatable bonds is 10. The van der Waals surface area contributed by atoms with Crippen molar-refractivity contribution in [1.29, 1.82) is 5.26 Å². The SMILES string of the molecule is C=C(CCCc1ccccn1)c1ccc(-c2ccccc2C#N)nc1CCCc1cccc(F)c1. The summed E-state index contributed by atoms with van der Waals surface area (Å²) in [6, 6.07) is 26.6. The summed E-state index contributed by atoms with van der Waals surface area (Å²) in [6.45, 7) is 4.37. The van der Waals surface area contributed by atoms with Gasteiger partial charge in [-0.2, -0.15) is 5.26 Å². The zero-order chi connectivity index (χ0) is 24.5. The predicted molar refractivity (Wildman–Crippen MR) is 139 cm³/mol. The number of benzene rings is 2. The van der Waals surface area contributed by atoms with Gasteiger partial charge in [0.2, 0.25) is 0 Å². The van der Waals surface area contributed by atoms with Crippen LogP contribution in [-0.2, 0) is 19.3 Å². The Labute approximate surface area is 206 Å². The molecule has 174 valence electrons. The maximum Gasteiger partial charge on any atom is 0.123 e. The molecule has 0 bridgehead atoms. The lowest BCUT2D eigenvalue weighted by molar-refractivity contribution is 0.624. The number of nitriles is 1. The lowest BCUT2D eigenvalue weighted by atomic mass is 9.95. The van der Waals surface area contributed by atoms with Gasteiger partial charge in [-0.25, -0.2) is 4.39 Å². The van der Waals surface area contributed by atoms with Gasteiger partial charge < -0.3 is 0 Å². The molecule has 0 aliphatic rings. The molecule has 2 aromatic heterocycles. The fraction of sp³-hybridized carbons (Fsp3) is 0.194. The Kier molecular flexibility index (Phi) is 8.14. The van der Waals surface area contributed by atoms with Gasteiger partial charge in [-0.3, -0.25) is 9.97 Å². The van der Waals surface area contributed by atoms with Crippen molar-refractivity contribution < 1.29 is 4.39 Å². The maximum absolute atomic E-state index is 13.6. The van der Waals surface area contributed by atoms with E-state index in [2.05, 4.69) is 23.7 Å². The highest BCUT2D eigenvalue weighted by Crippen LogP contribution is 2.28. The van der Waals surface area contributed by atoms with Crippen LogP contribution in [0.3, 0.4) is 0 Å². The first kappa shape index (κ1) is 24.0. The van der Waals surface area contributed by atoms with E-state index in [1.54, 1.807) is 12.1 Å². The monoisotopic (exact) mass is 461 g/mol. The van der Waals surface area contributed by atoms with Crippen molar-refractivity contribution in [2.75, 3.05) is 0 Å². The lowest BCUT2D eigenvalue weighted by Gasteiger charge is -2.14. The summed E-state index contributed by atoms with van der Waals surface area (Å²) in [5, 5.41) is 9.55. The second kappa shape index (κ2) is 11.9.